The van der Waals surface area contributed by atoms with Crippen molar-refractivity contribution >= 4 is 0 Å². The van der Waals surface area contributed by atoms with Gasteiger partial charge in [-0.25, -0.2) is 0 Å². The van der Waals surface area contributed by atoms with Gasteiger partial charge in [0.2, 0.25) is 0 Å². The molecule has 1 aliphatic rings. The van der Waals surface area contributed by atoms with Crippen molar-refractivity contribution < 1.29 is 0 Å². The quantitative estimate of drug-likeness (QED) is 0.833. The van der Waals surface area contributed by atoms with Crippen molar-refractivity contribution in [3.63, 3.8) is 0 Å². The van der Waals surface area contributed by atoms with Gasteiger partial charge in [-0.2, -0.15) is 0 Å². The Hall–Kier alpha value is -0.930. The summed E-state index contributed by atoms with van der Waals surface area (Å²) < 4.78 is 0. The molecule has 2 rings (SSSR count). The van der Waals surface area contributed by atoms with Crippen LogP contribution in [0.4, 0.5) is 0 Å². The Bertz CT molecular complexity index is 338. The summed E-state index contributed by atoms with van der Waals surface area (Å²) >= 11 is 0. The predicted molar refractivity (Wildman–Crippen MR) is 66.3 cm³/mol. The molecule has 0 amide bonds. The average molecular weight is 219 g/mol. The highest BCUT2D eigenvalue weighted by Gasteiger charge is 2.21. The molecule has 1 N–H and O–H groups in total. The Labute approximate surface area is 97.9 Å². The van der Waals surface area contributed by atoms with Gasteiger partial charge in [-0.15, -0.1) is 0 Å². The van der Waals surface area contributed by atoms with Gasteiger partial charge in [-0.3, -0.25) is 9.88 Å². The van der Waals surface area contributed by atoms with Crippen molar-refractivity contribution in [2.45, 2.75) is 32.9 Å². The molecule has 16 heavy (non-hydrogen) atoms. The lowest BCUT2D eigenvalue weighted by Gasteiger charge is -2.16. The maximum Gasteiger partial charge on any atom is 0.0573 e. The van der Waals surface area contributed by atoms with E-state index in [1.165, 1.54) is 24.2 Å². The summed E-state index contributed by atoms with van der Waals surface area (Å²) in [5.41, 5.74) is 2.52. The Morgan fingerprint density at radius 1 is 1.56 bits per heavy atom. The number of likely N-dealkylation sites (tertiary alicyclic amines) is 1. The van der Waals surface area contributed by atoms with E-state index in [1.807, 2.05) is 12.3 Å². The maximum absolute atomic E-state index is 4.45. The molecule has 1 atom stereocenters. The highest BCUT2D eigenvalue weighted by atomic mass is 15.2. The van der Waals surface area contributed by atoms with Crippen molar-refractivity contribution in [2.24, 2.45) is 0 Å². The fourth-order valence-electron chi connectivity index (χ4n) is 2.33. The molecule has 88 valence electrons. The standard InChI is InChI=1S/C13H21N3/c1-3-14-12-6-8-16(9-12)10-13-11(2)5-4-7-15-13/h4-5,7,12,14H,3,6,8-10H2,1-2H3. The first kappa shape index (κ1) is 11.6. The number of nitrogens with one attached hydrogen (secondary N) is 1. The summed E-state index contributed by atoms with van der Waals surface area (Å²) in [6.45, 7) is 8.72. The molecule has 0 aromatic carbocycles. The van der Waals surface area contributed by atoms with Gasteiger partial charge < -0.3 is 5.32 Å². The molecule has 2 heterocycles. The van der Waals surface area contributed by atoms with Gasteiger partial charge in [0.15, 0.2) is 0 Å². The largest absolute Gasteiger partial charge is 0.313 e. The summed E-state index contributed by atoms with van der Waals surface area (Å²) in [5.74, 6) is 0. The number of hydrogen-bond acceptors (Lipinski definition) is 3. The van der Waals surface area contributed by atoms with Crippen LogP contribution in [0.25, 0.3) is 0 Å². The molecule has 1 aliphatic heterocycles. The van der Waals surface area contributed by atoms with Crippen LogP contribution in [0.15, 0.2) is 18.3 Å². The van der Waals surface area contributed by atoms with Crippen LogP contribution in [0.2, 0.25) is 0 Å². The summed E-state index contributed by atoms with van der Waals surface area (Å²) in [6.07, 6.45) is 3.15. The number of nitrogens with zero attached hydrogens (tertiary/aromatic N) is 2. The summed E-state index contributed by atoms with van der Waals surface area (Å²) in [7, 11) is 0. The van der Waals surface area contributed by atoms with E-state index in [0.717, 1.165) is 19.6 Å². The first-order valence-electron chi connectivity index (χ1n) is 6.16. The molecule has 0 bridgehead atoms. The number of pyridine rings is 1. The molecule has 0 spiro atoms. The highest BCUT2D eigenvalue weighted by molar-refractivity contribution is 5.17. The van der Waals surface area contributed by atoms with Crippen molar-refractivity contribution in [3.05, 3.63) is 29.6 Å². The van der Waals surface area contributed by atoms with E-state index in [4.69, 9.17) is 0 Å². The van der Waals surface area contributed by atoms with Crippen LogP contribution in [-0.2, 0) is 6.54 Å². The first-order chi connectivity index (χ1) is 7.79. The number of aryl methyl sites for hydroxylation is 1. The minimum atomic E-state index is 0.675. The lowest BCUT2D eigenvalue weighted by molar-refractivity contribution is 0.316. The van der Waals surface area contributed by atoms with Crippen LogP contribution in [0.1, 0.15) is 24.6 Å². The van der Waals surface area contributed by atoms with E-state index in [-0.39, 0.29) is 0 Å². The maximum atomic E-state index is 4.45. The number of hydrogen-bond donors (Lipinski definition) is 1. The van der Waals surface area contributed by atoms with Crippen LogP contribution in [0, 0.1) is 6.92 Å². The molecule has 1 unspecified atom stereocenters. The van der Waals surface area contributed by atoms with Gasteiger partial charge in [0, 0.05) is 31.9 Å². The van der Waals surface area contributed by atoms with Crippen LogP contribution in [0.5, 0.6) is 0 Å². The van der Waals surface area contributed by atoms with Crippen molar-refractivity contribution in [1.82, 2.24) is 15.2 Å². The lowest BCUT2D eigenvalue weighted by Crippen LogP contribution is -2.32. The molecule has 1 fully saturated rings. The minimum absolute atomic E-state index is 0.675. The molecule has 1 saturated heterocycles. The van der Waals surface area contributed by atoms with Crippen LogP contribution >= 0.6 is 0 Å². The Morgan fingerprint density at radius 2 is 2.44 bits per heavy atom. The zero-order valence-electron chi connectivity index (χ0n) is 10.2. The van der Waals surface area contributed by atoms with Gasteiger partial charge in [0.25, 0.3) is 0 Å². The van der Waals surface area contributed by atoms with Gasteiger partial charge in [0.1, 0.15) is 0 Å². The molecule has 0 saturated carbocycles. The zero-order chi connectivity index (χ0) is 11.4. The van der Waals surface area contributed by atoms with Crippen molar-refractivity contribution in [2.75, 3.05) is 19.6 Å². The third kappa shape index (κ3) is 2.80. The lowest BCUT2D eigenvalue weighted by atomic mass is 10.2. The van der Waals surface area contributed by atoms with Gasteiger partial charge in [0.05, 0.1) is 5.69 Å². The van der Waals surface area contributed by atoms with E-state index in [9.17, 15) is 0 Å². The van der Waals surface area contributed by atoms with Crippen molar-refractivity contribution in [3.8, 4) is 0 Å². The van der Waals surface area contributed by atoms with Crippen LogP contribution < -0.4 is 5.32 Å². The predicted octanol–water partition coefficient (Wildman–Crippen LogP) is 1.57. The number of likely N-dealkylation sites (N-methyl/N-ethyl adjacent to an activating group) is 1. The molecular formula is C13H21N3. The van der Waals surface area contributed by atoms with E-state index in [2.05, 4.69) is 35.1 Å². The summed E-state index contributed by atoms with van der Waals surface area (Å²) in [6, 6.07) is 4.82. The fraction of sp³-hybridized carbons (Fsp3) is 0.615. The molecule has 0 radical (unpaired) electrons. The van der Waals surface area contributed by atoms with Crippen LogP contribution in [-0.4, -0.2) is 35.6 Å². The van der Waals surface area contributed by atoms with Gasteiger partial charge >= 0.3 is 0 Å². The van der Waals surface area contributed by atoms with E-state index < -0.39 is 0 Å². The second kappa shape index (κ2) is 5.41. The topological polar surface area (TPSA) is 28.2 Å². The minimum Gasteiger partial charge on any atom is -0.313 e. The number of rotatable bonds is 4. The van der Waals surface area contributed by atoms with E-state index in [1.54, 1.807) is 0 Å². The summed E-state index contributed by atoms with van der Waals surface area (Å²) in [4.78, 5) is 6.94. The molecular weight excluding hydrogens is 198 g/mol. The Kier molecular flexibility index (Phi) is 3.91. The van der Waals surface area contributed by atoms with E-state index >= 15 is 0 Å². The number of aromatic nitrogens is 1. The Balaban J connectivity index is 1.90. The molecule has 3 nitrogen and oxygen atoms in total. The van der Waals surface area contributed by atoms with Gasteiger partial charge in [-0.05, 0) is 31.5 Å². The normalized spacial score (nSPS) is 21.5. The molecule has 1 aromatic heterocycles. The van der Waals surface area contributed by atoms with Crippen molar-refractivity contribution in [1.29, 1.82) is 0 Å². The molecule has 0 aliphatic carbocycles. The molecule has 1 aromatic rings. The third-order valence-electron chi connectivity index (χ3n) is 3.26. The highest BCUT2D eigenvalue weighted by Crippen LogP contribution is 2.14. The van der Waals surface area contributed by atoms with Crippen LogP contribution in [0.3, 0.4) is 0 Å². The second-order valence-corrected chi connectivity index (χ2v) is 4.55. The fourth-order valence-corrected chi connectivity index (χ4v) is 2.33. The van der Waals surface area contributed by atoms with E-state index in [0.29, 0.717) is 6.04 Å². The summed E-state index contributed by atoms with van der Waals surface area (Å²) in [5, 5.41) is 3.51. The second-order valence-electron chi connectivity index (χ2n) is 4.55. The third-order valence-corrected chi connectivity index (χ3v) is 3.26. The Morgan fingerprint density at radius 3 is 3.19 bits per heavy atom. The zero-order valence-corrected chi connectivity index (χ0v) is 10.2. The smallest absolute Gasteiger partial charge is 0.0573 e. The first-order valence-corrected chi connectivity index (χ1v) is 6.16. The molecule has 3 heteroatoms. The average Bonchev–Trinajstić information content (AvgIpc) is 2.70. The SMILES string of the molecule is CCNC1CCN(Cc2ncccc2C)C1. The monoisotopic (exact) mass is 219 g/mol. The van der Waals surface area contributed by atoms with Gasteiger partial charge in [-0.1, -0.05) is 13.0 Å².